The summed E-state index contributed by atoms with van der Waals surface area (Å²) < 4.78 is 0. The van der Waals surface area contributed by atoms with Gasteiger partial charge in [-0.3, -0.25) is 0 Å². The first kappa shape index (κ1) is 35.3. The Balaban J connectivity index is -0.00000000750. The van der Waals surface area contributed by atoms with Crippen LogP contribution in [-0.4, -0.2) is 57.2 Å². The van der Waals surface area contributed by atoms with Crippen LogP contribution in [0.4, 0.5) is 4.79 Å². The normalized spacial score (nSPS) is 3.00. The van der Waals surface area contributed by atoms with Crippen LogP contribution in [0.2, 0.25) is 0 Å². The molecule has 0 spiro atoms. The minimum Gasteiger partial charge on any atom is -0.870 e. The van der Waals surface area contributed by atoms with Crippen LogP contribution in [0.3, 0.4) is 0 Å². The average Bonchev–Trinajstić information content (AvgIpc) is 0.811. The summed E-state index contributed by atoms with van der Waals surface area (Å²) in [5.74, 6) is 0. The van der Waals surface area contributed by atoms with Gasteiger partial charge in [0, 0.05) is 0 Å². The Bertz CT molecular complexity index is 39.0. The monoisotopic (exact) mass is 193 g/mol. The SMILES string of the molecule is O=C([O-])O.[Al+3].[Mg+2].[OH-].[Zn+2]. The van der Waals surface area contributed by atoms with Crippen LogP contribution >= 0.6 is 0 Å². The second-order valence-electron chi connectivity index (χ2n) is 0.266. The molecule has 8 heavy (non-hydrogen) atoms. The molecule has 0 fully saturated rings. The van der Waals surface area contributed by atoms with Crippen molar-refractivity contribution in [2.24, 2.45) is 0 Å². The van der Waals surface area contributed by atoms with E-state index in [4.69, 9.17) is 15.0 Å². The summed E-state index contributed by atoms with van der Waals surface area (Å²) in [7, 11) is 0. The van der Waals surface area contributed by atoms with Crippen LogP contribution < -0.4 is 5.11 Å². The fourth-order valence-corrected chi connectivity index (χ4v) is 0. The number of carbonyl (C=O) groups is 1. The van der Waals surface area contributed by atoms with E-state index in [0.29, 0.717) is 0 Å². The Kier molecular flexibility index (Phi) is 107. The zero-order valence-electron chi connectivity index (χ0n) is 4.20. The first-order chi connectivity index (χ1) is 1.73. The van der Waals surface area contributed by atoms with Crippen molar-refractivity contribution in [3.63, 3.8) is 0 Å². The van der Waals surface area contributed by atoms with Crippen molar-refractivity contribution in [2.45, 2.75) is 0 Å². The Labute approximate surface area is 86.0 Å². The largest absolute Gasteiger partial charge is 3.00 e. The summed E-state index contributed by atoms with van der Waals surface area (Å²) in [5, 5.41) is 15.3. The molecule has 32 valence electrons. The Hall–Kier alpha value is 1.15. The molecular formula is CH2AlMgO4Zn+5. The van der Waals surface area contributed by atoms with E-state index in [-0.39, 0.29) is 65.4 Å². The molecule has 0 saturated heterocycles. The summed E-state index contributed by atoms with van der Waals surface area (Å²) in [6, 6.07) is 0. The van der Waals surface area contributed by atoms with E-state index in [9.17, 15) is 0 Å². The van der Waals surface area contributed by atoms with Gasteiger partial charge in [-0.15, -0.1) is 0 Å². The number of rotatable bonds is 0. The fourth-order valence-electron chi connectivity index (χ4n) is 0. The zero-order chi connectivity index (χ0) is 3.58. The molecule has 0 heterocycles. The van der Waals surface area contributed by atoms with E-state index in [1.807, 2.05) is 0 Å². The maximum Gasteiger partial charge on any atom is 3.00 e. The van der Waals surface area contributed by atoms with Crippen LogP contribution in [0.1, 0.15) is 0 Å². The molecular weight excluding hydrogens is 193 g/mol. The number of hydrogen-bond donors (Lipinski definition) is 1. The van der Waals surface area contributed by atoms with Crippen molar-refractivity contribution in [2.75, 3.05) is 0 Å². The molecule has 0 aromatic heterocycles. The van der Waals surface area contributed by atoms with E-state index in [1.54, 1.807) is 0 Å². The molecule has 0 atom stereocenters. The first-order valence-electron chi connectivity index (χ1n) is 0.632. The first-order valence-corrected chi connectivity index (χ1v) is 0.632. The topological polar surface area (TPSA) is 90.4 Å². The molecule has 0 aliphatic heterocycles. The van der Waals surface area contributed by atoms with Crippen molar-refractivity contribution in [1.82, 2.24) is 0 Å². The van der Waals surface area contributed by atoms with Gasteiger partial charge in [0.05, 0.1) is 0 Å². The van der Waals surface area contributed by atoms with Crippen molar-refractivity contribution in [1.29, 1.82) is 0 Å². The molecule has 0 unspecified atom stereocenters. The molecule has 0 bridgehead atoms. The minimum atomic E-state index is -2.08. The molecule has 0 aliphatic carbocycles. The van der Waals surface area contributed by atoms with Crippen molar-refractivity contribution < 1.29 is 40.0 Å². The van der Waals surface area contributed by atoms with Gasteiger partial charge in [-0.05, 0) is 0 Å². The second-order valence-corrected chi connectivity index (χ2v) is 0.266. The van der Waals surface area contributed by atoms with Gasteiger partial charge in [0.15, 0.2) is 0 Å². The fraction of sp³-hybridized carbons (Fsp3) is 0. The molecule has 0 amide bonds. The van der Waals surface area contributed by atoms with E-state index in [1.165, 1.54) is 0 Å². The Morgan fingerprint density at radius 2 is 1.50 bits per heavy atom. The van der Waals surface area contributed by atoms with Crippen LogP contribution in [0.5, 0.6) is 0 Å². The molecule has 7 heteroatoms. The second kappa shape index (κ2) is 24.2. The van der Waals surface area contributed by atoms with Gasteiger partial charge < -0.3 is 20.5 Å². The van der Waals surface area contributed by atoms with Crippen LogP contribution in [0, 0.1) is 0 Å². The average molecular weight is 195 g/mol. The summed E-state index contributed by atoms with van der Waals surface area (Å²) in [6.45, 7) is 0. The maximum atomic E-state index is 8.44. The van der Waals surface area contributed by atoms with Gasteiger partial charge in [0.25, 0.3) is 0 Å². The summed E-state index contributed by atoms with van der Waals surface area (Å²) in [4.78, 5) is 8.44. The third-order valence-electron chi connectivity index (χ3n) is 0. The molecule has 0 saturated carbocycles. The summed E-state index contributed by atoms with van der Waals surface area (Å²) >= 11 is 0. The predicted molar refractivity (Wildman–Crippen MR) is 21.5 cm³/mol. The van der Waals surface area contributed by atoms with Gasteiger partial charge in [-0.25, -0.2) is 0 Å². The van der Waals surface area contributed by atoms with Gasteiger partial charge in [-0.2, -0.15) is 0 Å². The van der Waals surface area contributed by atoms with Crippen molar-refractivity contribution in [3.8, 4) is 0 Å². The summed E-state index contributed by atoms with van der Waals surface area (Å²) in [6.07, 6.45) is -2.08. The maximum absolute atomic E-state index is 8.44. The zero-order valence-corrected chi connectivity index (χ0v) is 9.74. The predicted octanol–water partition coefficient (Wildman–Crippen LogP) is -2.05. The minimum absolute atomic E-state index is 0. The van der Waals surface area contributed by atoms with Gasteiger partial charge in [0.1, 0.15) is 0 Å². The van der Waals surface area contributed by atoms with E-state index >= 15 is 0 Å². The third kappa shape index (κ3) is 204. The third-order valence-corrected chi connectivity index (χ3v) is 0. The molecule has 0 radical (unpaired) electrons. The van der Waals surface area contributed by atoms with Gasteiger partial charge >= 0.3 is 59.9 Å². The molecule has 0 aromatic carbocycles. The molecule has 0 rings (SSSR count). The molecule has 4 nitrogen and oxygen atoms in total. The number of carboxylic acid groups (broad SMARTS) is 2. The van der Waals surface area contributed by atoms with Crippen LogP contribution in [-0.2, 0) is 19.5 Å². The standard InChI is InChI=1S/CH2O3.Al.Mg.H2O.Zn/c2-1(3)4;;;;/h(H2,2,3,4);;;1H2;/q;+3;+2;;+2/p-2. The van der Waals surface area contributed by atoms with E-state index < -0.39 is 6.16 Å². The van der Waals surface area contributed by atoms with Crippen LogP contribution in [0.25, 0.3) is 0 Å². The Morgan fingerprint density at radius 3 is 1.50 bits per heavy atom. The number of hydrogen-bond acceptors (Lipinski definition) is 3. The summed E-state index contributed by atoms with van der Waals surface area (Å²) in [5.41, 5.74) is 0. The van der Waals surface area contributed by atoms with Gasteiger partial charge in [-0.1, -0.05) is 0 Å². The smallest absolute Gasteiger partial charge is 0.870 e. The quantitative estimate of drug-likeness (QED) is 0.450. The van der Waals surface area contributed by atoms with E-state index in [2.05, 4.69) is 0 Å². The van der Waals surface area contributed by atoms with Crippen LogP contribution in [0.15, 0.2) is 0 Å². The Morgan fingerprint density at radius 1 is 1.50 bits per heavy atom. The molecule has 2 N–H and O–H groups in total. The van der Waals surface area contributed by atoms with Gasteiger partial charge in [0.2, 0.25) is 6.16 Å². The molecule has 0 aromatic rings. The van der Waals surface area contributed by atoms with E-state index in [0.717, 1.165) is 0 Å². The van der Waals surface area contributed by atoms with Crippen molar-refractivity contribution in [3.05, 3.63) is 0 Å². The molecule has 0 aliphatic rings. The van der Waals surface area contributed by atoms with Crippen molar-refractivity contribution >= 4 is 46.6 Å².